The summed E-state index contributed by atoms with van der Waals surface area (Å²) in [6, 6.07) is 21.2. The molecule has 0 aromatic heterocycles. The number of aryl methyl sites for hydroxylation is 2. The van der Waals surface area contributed by atoms with E-state index in [0.717, 1.165) is 17.1 Å². The summed E-state index contributed by atoms with van der Waals surface area (Å²) in [6.45, 7) is 2.08. The van der Waals surface area contributed by atoms with Crippen LogP contribution in [0.1, 0.15) is 43.0 Å². The zero-order valence-corrected chi connectivity index (χ0v) is 15.3. The molecule has 0 unspecified atom stereocenters. The maximum Gasteiger partial charge on any atom is 0.195 e. The van der Waals surface area contributed by atoms with E-state index in [-0.39, 0.29) is 11.6 Å². The van der Waals surface area contributed by atoms with Crippen molar-refractivity contribution in [2.45, 2.75) is 18.2 Å². The fourth-order valence-corrected chi connectivity index (χ4v) is 4.35. The molecule has 0 saturated carbocycles. The zero-order valence-electron chi connectivity index (χ0n) is 14.5. The number of rotatable bonds is 4. The van der Waals surface area contributed by atoms with E-state index in [1.54, 1.807) is 36.0 Å². The first-order valence-corrected chi connectivity index (χ1v) is 9.63. The van der Waals surface area contributed by atoms with Gasteiger partial charge in [0.1, 0.15) is 0 Å². The average Bonchev–Trinajstić information content (AvgIpc) is 2.67. The summed E-state index contributed by atoms with van der Waals surface area (Å²) in [7, 11) is 0. The third-order valence-corrected chi connectivity index (χ3v) is 5.74. The Bertz CT molecular complexity index is 1000. The Kier molecular flexibility index (Phi) is 4.48. The number of carbonyl (C=O) groups excluding carboxylic acids is 2. The Morgan fingerprint density at radius 2 is 1.38 bits per heavy atom. The van der Waals surface area contributed by atoms with Crippen molar-refractivity contribution in [1.29, 1.82) is 0 Å². The van der Waals surface area contributed by atoms with Crippen LogP contribution < -0.4 is 0 Å². The van der Waals surface area contributed by atoms with E-state index in [1.165, 1.54) is 11.1 Å². The fraction of sp³-hybridized carbons (Fsp3) is 0.130. The van der Waals surface area contributed by atoms with Crippen molar-refractivity contribution in [1.82, 2.24) is 0 Å². The van der Waals surface area contributed by atoms with Gasteiger partial charge in [-0.2, -0.15) is 0 Å². The SMILES string of the molecule is Cc1ccc(CCSc2cccc3c2C(=O)c2ccccc2C3=O)cc1. The van der Waals surface area contributed by atoms with Crippen molar-refractivity contribution in [2.24, 2.45) is 0 Å². The minimum Gasteiger partial charge on any atom is -0.289 e. The van der Waals surface area contributed by atoms with Gasteiger partial charge in [-0.3, -0.25) is 9.59 Å². The lowest BCUT2D eigenvalue weighted by molar-refractivity contribution is 0.0977. The third kappa shape index (κ3) is 2.99. The molecule has 0 saturated heterocycles. The van der Waals surface area contributed by atoms with Crippen LogP contribution in [0.25, 0.3) is 0 Å². The van der Waals surface area contributed by atoms with Gasteiger partial charge in [0.05, 0.1) is 0 Å². The smallest absolute Gasteiger partial charge is 0.195 e. The van der Waals surface area contributed by atoms with Gasteiger partial charge in [-0.25, -0.2) is 0 Å². The van der Waals surface area contributed by atoms with E-state index in [0.29, 0.717) is 22.3 Å². The molecular formula is C23H18O2S. The van der Waals surface area contributed by atoms with Gasteiger partial charge in [-0.1, -0.05) is 66.2 Å². The van der Waals surface area contributed by atoms with Gasteiger partial charge in [0, 0.05) is 32.9 Å². The molecule has 0 atom stereocenters. The van der Waals surface area contributed by atoms with E-state index in [9.17, 15) is 9.59 Å². The molecular weight excluding hydrogens is 340 g/mol. The second-order valence-corrected chi connectivity index (χ2v) is 7.60. The van der Waals surface area contributed by atoms with Gasteiger partial charge in [-0.15, -0.1) is 11.8 Å². The van der Waals surface area contributed by atoms with Crippen LogP contribution in [-0.4, -0.2) is 17.3 Å². The number of benzene rings is 3. The van der Waals surface area contributed by atoms with Crippen LogP contribution in [0.2, 0.25) is 0 Å². The lowest BCUT2D eigenvalue weighted by Crippen LogP contribution is -2.21. The molecule has 3 heteroatoms. The molecule has 26 heavy (non-hydrogen) atoms. The zero-order chi connectivity index (χ0) is 18.1. The quantitative estimate of drug-likeness (QED) is 0.476. The predicted molar refractivity (Wildman–Crippen MR) is 105 cm³/mol. The predicted octanol–water partition coefficient (Wildman–Crippen LogP) is 5.11. The van der Waals surface area contributed by atoms with E-state index in [2.05, 4.69) is 31.2 Å². The molecule has 2 nitrogen and oxygen atoms in total. The summed E-state index contributed by atoms with van der Waals surface area (Å²) in [5, 5.41) is 0. The molecule has 0 radical (unpaired) electrons. The van der Waals surface area contributed by atoms with Crippen molar-refractivity contribution in [3.8, 4) is 0 Å². The lowest BCUT2D eigenvalue weighted by atomic mass is 9.84. The number of hydrogen-bond acceptors (Lipinski definition) is 3. The van der Waals surface area contributed by atoms with Crippen molar-refractivity contribution < 1.29 is 9.59 Å². The summed E-state index contributed by atoms with van der Waals surface area (Å²) in [5.41, 5.74) is 4.63. The highest BCUT2D eigenvalue weighted by molar-refractivity contribution is 7.99. The molecule has 4 rings (SSSR count). The maximum atomic E-state index is 13.0. The third-order valence-electron chi connectivity index (χ3n) is 4.68. The Hall–Kier alpha value is -2.65. The number of carbonyl (C=O) groups is 2. The van der Waals surface area contributed by atoms with Gasteiger partial charge in [0.2, 0.25) is 0 Å². The Labute approximate surface area is 157 Å². The van der Waals surface area contributed by atoms with Crippen LogP contribution in [0.4, 0.5) is 0 Å². The summed E-state index contributed by atoms with van der Waals surface area (Å²) < 4.78 is 0. The molecule has 0 bridgehead atoms. The standard InChI is InChI=1S/C23H18O2S/c1-15-9-11-16(12-10-15)13-14-26-20-8-4-7-19-21(20)23(25)18-6-3-2-5-17(18)22(19)24/h2-12H,13-14H2,1H3. The van der Waals surface area contributed by atoms with Crippen LogP contribution in [0, 0.1) is 6.92 Å². The maximum absolute atomic E-state index is 13.0. The number of fused-ring (bicyclic) bond motifs is 2. The van der Waals surface area contributed by atoms with Crippen LogP contribution >= 0.6 is 11.8 Å². The van der Waals surface area contributed by atoms with Crippen molar-refractivity contribution >= 4 is 23.3 Å². The number of hydrogen-bond donors (Lipinski definition) is 0. The van der Waals surface area contributed by atoms with Crippen molar-refractivity contribution in [2.75, 3.05) is 5.75 Å². The first-order valence-electron chi connectivity index (χ1n) is 8.65. The highest BCUT2D eigenvalue weighted by atomic mass is 32.2. The molecule has 128 valence electrons. The van der Waals surface area contributed by atoms with Crippen molar-refractivity contribution in [3.63, 3.8) is 0 Å². The van der Waals surface area contributed by atoms with Crippen LogP contribution in [0.15, 0.2) is 71.6 Å². The summed E-state index contributed by atoms with van der Waals surface area (Å²) in [6.07, 6.45) is 0.924. The van der Waals surface area contributed by atoms with E-state index < -0.39 is 0 Å². The van der Waals surface area contributed by atoms with Crippen LogP contribution in [0.5, 0.6) is 0 Å². The Morgan fingerprint density at radius 3 is 2.12 bits per heavy atom. The fourth-order valence-electron chi connectivity index (χ4n) is 3.27. The second kappa shape index (κ2) is 6.93. The number of thioether (sulfide) groups is 1. The molecule has 0 fully saturated rings. The molecule has 0 spiro atoms. The highest BCUT2D eigenvalue weighted by Gasteiger charge is 2.31. The normalized spacial score (nSPS) is 12.7. The molecule has 0 amide bonds. The second-order valence-electron chi connectivity index (χ2n) is 6.47. The minimum atomic E-state index is -0.0591. The van der Waals surface area contributed by atoms with Gasteiger partial charge in [0.15, 0.2) is 11.6 Å². The first-order chi connectivity index (χ1) is 12.6. The highest BCUT2D eigenvalue weighted by Crippen LogP contribution is 2.34. The Morgan fingerprint density at radius 1 is 0.731 bits per heavy atom. The average molecular weight is 358 g/mol. The largest absolute Gasteiger partial charge is 0.289 e. The molecule has 1 aliphatic carbocycles. The molecule has 1 aliphatic rings. The molecule has 0 N–H and O–H groups in total. The minimum absolute atomic E-state index is 0.0476. The Balaban J connectivity index is 1.60. The topological polar surface area (TPSA) is 34.1 Å². The lowest BCUT2D eigenvalue weighted by Gasteiger charge is -2.19. The first kappa shape index (κ1) is 16.8. The summed E-state index contributed by atoms with van der Waals surface area (Å²) >= 11 is 1.64. The van der Waals surface area contributed by atoms with E-state index >= 15 is 0 Å². The summed E-state index contributed by atoms with van der Waals surface area (Å²) in [4.78, 5) is 26.6. The summed E-state index contributed by atoms with van der Waals surface area (Å²) in [5.74, 6) is 0.757. The van der Waals surface area contributed by atoms with E-state index in [4.69, 9.17) is 0 Å². The molecule has 3 aromatic carbocycles. The monoisotopic (exact) mass is 358 g/mol. The van der Waals surface area contributed by atoms with Crippen molar-refractivity contribution in [3.05, 3.63) is 100 Å². The molecule has 3 aromatic rings. The van der Waals surface area contributed by atoms with Crippen LogP contribution in [-0.2, 0) is 6.42 Å². The van der Waals surface area contributed by atoms with Gasteiger partial charge < -0.3 is 0 Å². The van der Waals surface area contributed by atoms with Gasteiger partial charge in [0.25, 0.3) is 0 Å². The molecule has 0 heterocycles. The molecule has 0 aliphatic heterocycles. The van der Waals surface area contributed by atoms with Crippen LogP contribution in [0.3, 0.4) is 0 Å². The van der Waals surface area contributed by atoms with Gasteiger partial charge >= 0.3 is 0 Å². The van der Waals surface area contributed by atoms with Gasteiger partial charge in [-0.05, 0) is 25.0 Å². The van der Waals surface area contributed by atoms with E-state index in [1.807, 2.05) is 18.2 Å². The number of ketones is 2.